The van der Waals surface area contributed by atoms with Crippen LogP contribution in [0, 0.1) is 5.82 Å². The fraction of sp³-hybridized carbons (Fsp3) is 0.0476. The van der Waals surface area contributed by atoms with E-state index in [1.807, 2.05) is 0 Å². The Morgan fingerprint density at radius 3 is 1.97 bits per heavy atom. The molecule has 0 unspecified atom stereocenters. The summed E-state index contributed by atoms with van der Waals surface area (Å²) < 4.78 is 40.5. The number of benzene rings is 3. The highest BCUT2D eigenvalue weighted by atomic mass is 32.2. The lowest BCUT2D eigenvalue weighted by molar-refractivity contribution is -0.114. The summed E-state index contributed by atoms with van der Waals surface area (Å²) in [6, 6.07) is 16.9. The lowest BCUT2D eigenvalue weighted by atomic mass is 10.2. The van der Waals surface area contributed by atoms with E-state index >= 15 is 0 Å². The molecule has 0 bridgehead atoms. The Labute approximate surface area is 173 Å². The number of anilines is 3. The molecule has 0 spiro atoms. The van der Waals surface area contributed by atoms with Crippen molar-refractivity contribution in [3.8, 4) is 0 Å². The predicted molar refractivity (Wildman–Crippen MR) is 112 cm³/mol. The van der Waals surface area contributed by atoms with Gasteiger partial charge >= 0.3 is 0 Å². The number of hydrogen-bond acceptors (Lipinski definition) is 4. The number of carbonyl (C=O) groups excluding carboxylic acids is 2. The fourth-order valence-corrected chi connectivity index (χ4v) is 3.68. The number of nitrogens with one attached hydrogen (secondary N) is 3. The Balaban J connectivity index is 1.74. The molecule has 30 heavy (non-hydrogen) atoms. The number of carbonyl (C=O) groups is 2. The molecule has 0 radical (unpaired) electrons. The maximum Gasteiger partial charge on any atom is 0.261 e. The van der Waals surface area contributed by atoms with Crippen molar-refractivity contribution >= 4 is 38.9 Å². The van der Waals surface area contributed by atoms with Gasteiger partial charge in [-0.05, 0) is 66.7 Å². The van der Waals surface area contributed by atoms with Crippen molar-refractivity contribution in [3.05, 3.63) is 84.2 Å². The van der Waals surface area contributed by atoms with E-state index in [-0.39, 0.29) is 22.1 Å². The second-order valence-corrected chi connectivity index (χ2v) is 8.04. The van der Waals surface area contributed by atoms with E-state index in [0.29, 0.717) is 11.4 Å². The third-order valence-electron chi connectivity index (χ3n) is 3.97. The Kier molecular flexibility index (Phi) is 6.12. The largest absolute Gasteiger partial charge is 0.326 e. The summed E-state index contributed by atoms with van der Waals surface area (Å²) in [5, 5.41) is 5.28. The Morgan fingerprint density at radius 2 is 1.37 bits per heavy atom. The topological polar surface area (TPSA) is 104 Å². The van der Waals surface area contributed by atoms with Crippen molar-refractivity contribution in [3.63, 3.8) is 0 Å². The molecule has 9 heteroatoms. The van der Waals surface area contributed by atoms with Crippen molar-refractivity contribution in [1.29, 1.82) is 0 Å². The van der Waals surface area contributed by atoms with E-state index in [9.17, 15) is 22.4 Å². The smallest absolute Gasteiger partial charge is 0.261 e. The molecule has 0 saturated carbocycles. The number of rotatable bonds is 6. The van der Waals surface area contributed by atoms with Crippen molar-refractivity contribution in [2.24, 2.45) is 0 Å². The summed E-state index contributed by atoms with van der Waals surface area (Å²) in [6.07, 6.45) is 0. The molecule has 154 valence electrons. The molecular formula is C21H18FN3O4S. The summed E-state index contributed by atoms with van der Waals surface area (Å²) in [5.74, 6) is -1.19. The van der Waals surface area contributed by atoms with E-state index in [1.54, 1.807) is 24.3 Å². The zero-order valence-corrected chi connectivity index (χ0v) is 16.7. The van der Waals surface area contributed by atoms with Gasteiger partial charge in [-0.25, -0.2) is 12.8 Å². The maximum absolute atomic E-state index is 13.0. The minimum Gasteiger partial charge on any atom is -0.326 e. The van der Waals surface area contributed by atoms with Gasteiger partial charge in [-0.1, -0.05) is 6.07 Å². The average molecular weight is 427 g/mol. The van der Waals surface area contributed by atoms with Gasteiger partial charge in [0.25, 0.3) is 15.9 Å². The quantitative estimate of drug-likeness (QED) is 0.556. The Bertz CT molecular complexity index is 1180. The van der Waals surface area contributed by atoms with Crippen LogP contribution in [0.3, 0.4) is 0 Å². The average Bonchev–Trinajstić information content (AvgIpc) is 2.71. The van der Waals surface area contributed by atoms with Gasteiger partial charge in [0.05, 0.1) is 4.90 Å². The van der Waals surface area contributed by atoms with Crippen LogP contribution >= 0.6 is 0 Å². The van der Waals surface area contributed by atoms with Crippen molar-refractivity contribution in [2.75, 3.05) is 15.4 Å². The molecule has 0 heterocycles. The van der Waals surface area contributed by atoms with Crippen LogP contribution in [0.15, 0.2) is 77.7 Å². The van der Waals surface area contributed by atoms with Crippen LogP contribution in [-0.4, -0.2) is 20.2 Å². The van der Waals surface area contributed by atoms with Crippen LogP contribution in [0.2, 0.25) is 0 Å². The van der Waals surface area contributed by atoms with E-state index in [1.165, 1.54) is 43.3 Å². The Hall–Kier alpha value is -3.72. The minimum atomic E-state index is -3.96. The minimum absolute atomic E-state index is 0.111. The first-order chi connectivity index (χ1) is 14.2. The fourth-order valence-electron chi connectivity index (χ4n) is 2.58. The maximum atomic E-state index is 13.0. The first kappa shape index (κ1) is 21.0. The lowest BCUT2D eigenvalue weighted by Gasteiger charge is -2.10. The number of hydrogen-bond donors (Lipinski definition) is 3. The van der Waals surface area contributed by atoms with Crippen LogP contribution in [-0.2, 0) is 14.8 Å². The third-order valence-corrected chi connectivity index (χ3v) is 5.35. The molecule has 3 aromatic carbocycles. The van der Waals surface area contributed by atoms with E-state index in [2.05, 4.69) is 15.4 Å². The van der Waals surface area contributed by atoms with Gasteiger partial charge in [-0.3, -0.25) is 14.3 Å². The Morgan fingerprint density at radius 1 is 0.800 bits per heavy atom. The second-order valence-electron chi connectivity index (χ2n) is 6.35. The van der Waals surface area contributed by atoms with Crippen LogP contribution < -0.4 is 15.4 Å². The molecule has 0 aliphatic carbocycles. The van der Waals surface area contributed by atoms with Crippen molar-refractivity contribution < 1.29 is 22.4 Å². The molecule has 3 rings (SSSR count). The first-order valence-corrected chi connectivity index (χ1v) is 10.3. The molecule has 0 aliphatic heterocycles. The van der Waals surface area contributed by atoms with Crippen molar-refractivity contribution in [2.45, 2.75) is 11.8 Å². The van der Waals surface area contributed by atoms with Gasteiger partial charge in [0.15, 0.2) is 0 Å². The van der Waals surface area contributed by atoms with E-state index < -0.39 is 21.7 Å². The zero-order valence-electron chi connectivity index (χ0n) is 15.8. The predicted octanol–water partition coefficient (Wildman–Crippen LogP) is 3.84. The summed E-state index contributed by atoms with van der Waals surface area (Å²) in [4.78, 5) is 23.5. The van der Waals surface area contributed by atoms with E-state index in [4.69, 9.17) is 0 Å². The summed E-state index contributed by atoms with van der Waals surface area (Å²) >= 11 is 0. The van der Waals surface area contributed by atoms with Crippen LogP contribution in [0.5, 0.6) is 0 Å². The summed E-state index contributed by atoms with van der Waals surface area (Å²) in [6.45, 7) is 1.39. The SMILES string of the molecule is CC(=O)Nc1ccc(NC(=O)c2cccc(S(=O)(=O)Nc3ccc(F)cc3)c2)cc1. The number of sulfonamides is 1. The highest BCUT2D eigenvalue weighted by Gasteiger charge is 2.17. The highest BCUT2D eigenvalue weighted by Crippen LogP contribution is 2.19. The van der Waals surface area contributed by atoms with Gasteiger partial charge in [-0.2, -0.15) is 0 Å². The summed E-state index contributed by atoms with van der Waals surface area (Å²) in [5.41, 5.74) is 1.40. The molecule has 0 aliphatic rings. The van der Waals surface area contributed by atoms with Crippen molar-refractivity contribution in [1.82, 2.24) is 0 Å². The molecule has 0 fully saturated rings. The lowest BCUT2D eigenvalue weighted by Crippen LogP contribution is -2.16. The standard InChI is InChI=1S/C21H18FN3O4S/c1-14(26)23-17-9-11-18(12-10-17)24-21(27)15-3-2-4-20(13-15)30(28,29)25-19-7-5-16(22)6-8-19/h2-13,25H,1H3,(H,23,26)(H,24,27). The van der Waals surface area contributed by atoms with Gasteiger partial charge in [0.1, 0.15) is 5.82 Å². The molecule has 0 atom stereocenters. The highest BCUT2D eigenvalue weighted by molar-refractivity contribution is 7.92. The monoisotopic (exact) mass is 427 g/mol. The third kappa shape index (κ3) is 5.42. The van der Waals surface area contributed by atoms with E-state index in [0.717, 1.165) is 12.1 Å². The van der Waals surface area contributed by atoms with Gasteiger partial charge in [0, 0.05) is 29.5 Å². The molecule has 3 aromatic rings. The van der Waals surface area contributed by atoms with Crippen LogP contribution in [0.1, 0.15) is 17.3 Å². The molecule has 0 saturated heterocycles. The molecule has 0 aromatic heterocycles. The molecule has 7 nitrogen and oxygen atoms in total. The second kappa shape index (κ2) is 8.75. The molecule has 2 amide bonds. The normalized spacial score (nSPS) is 10.9. The van der Waals surface area contributed by atoms with Crippen LogP contribution in [0.25, 0.3) is 0 Å². The van der Waals surface area contributed by atoms with Gasteiger partial charge in [-0.15, -0.1) is 0 Å². The number of halogens is 1. The number of amides is 2. The molecule has 3 N–H and O–H groups in total. The van der Waals surface area contributed by atoms with Gasteiger partial charge < -0.3 is 10.6 Å². The van der Waals surface area contributed by atoms with Gasteiger partial charge in [0.2, 0.25) is 5.91 Å². The zero-order chi connectivity index (χ0) is 21.7. The molecular weight excluding hydrogens is 409 g/mol. The first-order valence-electron chi connectivity index (χ1n) is 8.80. The van der Waals surface area contributed by atoms with Crippen LogP contribution in [0.4, 0.5) is 21.5 Å². The summed E-state index contributed by atoms with van der Waals surface area (Å²) in [7, 11) is -3.96.